The van der Waals surface area contributed by atoms with Crippen LogP contribution in [-0.2, 0) is 12.5 Å². The highest BCUT2D eigenvalue weighted by atomic mass is 32.2. The van der Waals surface area contributed by atoms with Gasteiger partial charge in [0.1, 0.15) is 0 Å². The fourth-order valence-corrected chi connectivity index (χ4v) is 4.22. The Morgan fingerprint density at radius 1 is 1.00 bits per heavy atom. The first-order chi connectivity index (χ1) is 11.2. The van der Waals surface area contributed by atoms with Crippen LogP contribution >= 0.6 is 36.1 Å². The Bertz CT molecular complexity index is 512. The molecule has 0 saturated carbocycles. The molecule has 23 heavy (non-hydrogen) atoms. The third-order valence-electron chi connectivity index (χ3n) is 3.18. The van der Waals surface area contributed by atoms with Crippen molar-refractivity contribution in [3.8, 4) is 0 Å². The lowest BCUT2D eigenvalue weighted by molar-refractivity contribution is 0.0735. The van der Waals surface area contributed by atoms with Gasteiger partial charge in [0.2, 0.25) is 0 Å². The van der Waals surface area contributed by atoms with Gasteiger partial charge in [-0.1, -0.05) is 0 Å². The number of piperazine rings is 1. The van der Waals surface area contributed by atoms with Crippen molar-refractivity contribution >= 4 is 42.0 Å². The van der Waals surface area contributed by atoms with E-state index >= 15 is 0 Å². The fourth-order valence-electron chi connectivity index (χ4n) is 2.22. The molecule has 1 aliphatic heterocycles. The highest BCUT2D eigenvalue weighted by Crippen LogP contribution is 2.40. The Morgan fingerprint density at radius 3 is 2.00 bits per heavy atom. The Labute approximate surface area is 149 Å². The van der Waals surface area contributed by atoms with E-state index in [9.17, 15) is 4.79 Å². The van der Waals surface area contributed by atoms with Crippen LogP contribution in [0.5, 0.6) is 0 Å². The molecule has 0 spiro atoms. The first-order valence-electron chi connectivity index (χ1n) is 7.01. The summed E-state index contributed by atoms with van der Waals surface area (Å²) in [5.74, 6) is 0.0244. The summed E-state index contributed by atoms with van der Waals surface area (Å²) in [5, 5.41) is 3.25. The summed E-state index contributed by atoms with van der Waals surface area (Å²) in [5.41, 5.74) is 0.631. The molecule has 0 radical (unpaired) electrons. The lowest BCUT2D eigenvalue weighted by Crippen LogP contribution is -2.46. The number of carbonyl (C=O) groups excluding carboxylic acids is 1. The van der Waals surface area contributed by atoms with E-state index < -0.39 is 0 Å². The molecular formula is C14H20N2O4S3. The number of nitrogens with one attached hydrogen (secondary N) is 1. The molecule has 0 bridgehead atoms. The molecule has 0 unspecified atom stereocenters. The molecule has 1 fully saturated rings. The van der Waals surface area contributed by atoms with E-state index in [0.29, 0.717) is 18.7 Å². The van der Waals surface area contributed by atoms with E-state index in [0.717, 1.165) is 27.8 Å². The molecule has 1 heterocycles. The van der Waals surface area contributed by atoms with Crippen molar-refractivity contribution in [3.63, 3.8) is 0 Å². The van der Waals surface area contributed by atoms with Crippen LogP contribution in [0.3, 0.4) is 0 Å². The molecule has 6 nitrogen and oxygen atoms in total. The molecule has 0 aliphatic carbocycles. The molecule has 1 aliphatic rings. The van der Waals surface area contributed by atoms with Crippen LogP contribution in [0.1, 0.15) is 10.4 Å². The van der Waals surface area contributed by atoms with Gasteiger partial charge in [0.05, 0.1) is 36.0 Å². The van der Waals surface area contributed by atoms with Gasteiger partial charge in [0.15, 0.2) is 0 Å². The maximum atomic E-state index is 12.7. The van der Waals surface area contributed by atoms with Crippen molar-refractivity contribution in [1.29, 1.82) is 0 Å². The second-order valence-electron chi connectivity index (χ2n) is 4.59. The molecule has 2 rings (SSSR count). The van der Waals surface area contributed by atoms with Gasteiger partial charge in [-0.25, -0.2) is 0 Å². The van der Waals surface area contributed by atoms with Crippen LogP contribution < -0.4 is 5.32 Å². The number of rotatable bonds is 7. The number of benzene rings is 1. The molecule has 128 valence electrons. The first kappa shape index (κ1) is 18.9. The second kappa shape index (κ2) is 9.77. The minimum atomic E-state index is 0.0244. The van der Waals surface area contributed by atoms with Crippen molar-refractivity contribution in [1.82, 2.24) is 10.2 Å². The molecular weight excluding hydrogens is 356 g/mol. The summed E-state index contributed by atoms with van der Waals surface area (Å²) >= 11 is 3.64. The van der Waals surface area contributed by atoms with Crippen LogP contribution in [0, 0.1) is 0 Å². The van der Waals surface area contributed by atoms with E-state index in [1.807, 2.05) is 17.0 Å². The molecule has 1 aromatic carbocycles. The topological polar surface area (TPSA) is 60.0 Å². The fraction of sp³-hybridized carbons (Fsp3) is 0.500. The van der Waals surface area contributed by atoms with Crippen molar-refractivity contribution in [3.05, 3.63) is 17.7 Å². The SMILES string of the molecule is COSc1cc(C(=O)N2CCNCC2)cc(SOC)c1SOC. The summed E-state index contributed by atoms with van der Waals surface area (Å²) < 4.78 is 15.6. The standard InChI is InChI=1S/C14H20N2O4S3/c1-18-21-11-8-10(14(17)16-6-4-15-5-7-16)9-12(22-19-2)13(11)23-20-3/h8-9,15H,4-7H2,1-3H3. The molecule has 9 heteroatoms. The zero-order chi connectivity index (χ0) is 16.7. The number of hydrogen-bond donors (Lipinski definition) is 1. The minimum absolute atomic E-state index is 0.0244. The summed E-state index contributed by atoms with van der Waals surface area (Å²) in [6, 6.07) is 3.69. The Kier molecular flexibility index (Phi) is 8.04. The molecule has 0 atom stereocenters. The minimum Gasteiger partial charge on any atom is -0.336 e. The van der Waals surface area contributed by atoms with Crippen molar-refractivity contribution < 1.29 is 17.3 Å². The number of nitrogens with zero attached hydrogens (tertiary/aromatic N) is 1. The first-order valence-corrected chi connectivity index (χ1v) is 9.23. The van der Waals surface area contributed by atoms with Crippen LogP contribution in [0.15, 0.2) is 26.8 Å². The predicted octanol–water partition coefficient (Wildman–Crippen LogP) is 2.69. The summed E-state index contributed by atoms with van der Waals surface area (Å²) in [7, 11) is 4.80. The van der Waals surface area contributed by atoms with Gasteiger partial charge < -0.3 is 22.8 Å². The maximum Gasteiger partial charge on any atom is 0.254 e. The predicted molar refractivity (Wildman–Crippen MR) is 93.8 cm³/mol. The summed E-state index contributed by atoms with van der Waals surface area (Å²) in [6.45, 7) is 3.07. The zero-order valence-corrected chi connectivity index (χ0v) is 15.7. The van der Waals surface area contributed by atoms with Crippen LogP contribution in [0.4, 0.5) is 0 Å². The van der Waals surface area contributed by atoms with Gasteiger partial charge in [-0.3, -0.25) is 4.79 Å². The third-order valence-corrected chi connectivity index (χ3v) is 5.55. The summed E-state index contributed by atoms with van der Waals surface area (Å²) in [6.07, 6.45) is 0. The lowest BCUT2D eigenvalue weighted by atomic mass is 10.2. The number of carbonyl (C=O) groups is 1. The third kappa shape index (κ3) is 5.02. The normalized spacial score (nSPS) is 15.0. The summed E-state index contributed by atoms with van der Waals surface area (Å²) in [4.78, 5) is 17.1. The largest absolute Gasteiger partial charge is 0.336 e. The van der Waals surface area contributed by atoms with Crippen molar-refractivity contribution in [2.24, 2.45) is 0 Å². The molecule has 1 saturated heterocycles. The van der Waals surface area contributed by atoms with Gasteiger partial charge in [0.25, 0.3) is 5.91 Å². The van der Waals surface area contributed by atoms with Crippen molar-refractivity contribution in [2.75, 3.05) is 47.5 Å². The average Bonchev–Trinajstić information content (AvgIpc) is 2.58. The van der Waals surface area contributed by atoms with Gasteiger partial charge in [0, 0.05) is 67.9 Å². The van der Waals surface area contributed by atoms with E-state index in [2.05, 4.69) is 5.32 Å². The molecule has 1 amide bonds. The Hall–Kier alpha value is -0.420. The molecule has 0 aromatic heterocycles. The Balaban J connectivity index is 2.36. The maximum absolute atomic E-state index is 12.7. The van der Waals surface area contributed by atoms with E-state index in [1.54, 1.807) is 21.3 Å². The van der Waals surface area contributed by atoms with Gasteiger partial charge in [-0.05, 0) is 12.1 Å². The van der Waals surface area contributed by atoms with Crippen molar-refractivity contribution in [2.45, 2.75) is 14.7 Å². The smallest absolute Gasteiger partial charge is 0.254 e. The molecule has 1 aromatic rings. The lowest BCUT2D eigenvalue weighted by Gasteiger charge is -2.28. The number of amides is 1. The quantitative estimate of drug-likeness (QED) is 0.729. The average molecular weight is 377 g/mol. The zero-order valence-electron chi connectivity index (χ0n) is 13.3. The van der Waals surface area contributed by atoms with E-state index in [-0.39, 0.29) is 5.91 Å². The monoisotopic (exact) mass is 376 g/mol. The van der Waals surface area contributed by atoms with Gasteiger partial charge >= 0.3 is 0 Å². The van der Waals surface area contributed by atoms with Crippen LogP contribution in [0.2, 0.25) is 0 Å². The van der Waals surface area contributed by atoms with Gasteiger partial charge in [-0.15, -0.1) is 0 Å². The highest BCUT2D eigenvalue weighted by molar-refractivity contribution is 7.99. The van der Waals surface area contributed by atoms with E-state index in [4.69, 9.17) is 12.5 Å². The molecule has 1 N–H and O–H groups in total. The van der Waals surface area contributed by atoms with Crippen LogP contribution in [0.25, 0.3) is 0 Å². The van der Waals surface area contributed by atoms with Crippen LogP contribution in [-0.4, -0.2) is 58.3 Å². The Morgan fingerprint density at radius 2 is 1.52 bits per heavy atom. The van der Waals surface area contributed by atoms with E-state index in [1.165, 1.54) is 36.1 Å². The second-order valence-corrected chi connectivity index (χ2v) is 7.38. The number of hydrogen-bond acceptors (Lipinski definition) is 8. The van der Waals surface area contributed by atoms with Gasteiger partial charge in [-0.2, -0.15) is 0 Å². The highest BCUT2D eigenvalue weighted by Gasteiger charge is 2.22.